The van der Waals surface area contributed by atoms with Crippen molar-refractivity contribution in [3.63, 3.8) is 0 Å². The minimum atomic E-state index is -0.747. The Bertz CT molecular complexity index is 433. The number of rotatable bonds is 6. The third-order valence-corrected chi connectivity index (χ3v) is 3.87. The summed E-state index contributed by atoms with van der Waals surface area (Å²) in [6.45, 7) is 0. The molecule has 1 atom stereocenters. The van der Waals surface area contributed by atoms with E-state index in [4.69, 9.17) is 14.6 Å². The van der Waals surface area contributed by atoms with Crippen molar-refractivity contribution in [2.24, 2.45) is 0 Å². The van der Waals surface area contributed by atoms with E-state index in [1.54, 1.807) is 18.9 Å². The van der Waals surface area contributed by atoms with Crippen molar-refractivity contribution in [3.05, 3.63) is 23.8 Å². The molecule has 1 aromatic rings. The van der Waals surface area contributed by atoms with E-state index in [2.05, 4.69) is 0 Å². The summed E-state index contributed by atoms with van der Waals surface area (Å²) in [5, 5.41) is 8.55. The lowest BCUT2D eigenvalue weighted by Crippen LogP contribution is -2.16. The average molecular weight is 268 g/mol. The monoisotopic (exact) mass is 268 g/mol. The zero-order valence-electron chi connectivity index (χ0n) is 10.2. The molecule has 0 aromatic heterocycles. The first-order valence-electron chi connectivity index (χ1n) is 5.82. The molecule has 0 amide bonds. The van der Waals surface area contributed by atoms with Crippen molar-refractivity contribution < 1.29 is 19.4 Å². The lowest BCUT2D eigenvalue weighted by Gasteiger charge is -2.09. The first-order chi connectivity index (χ1) is 8.69. The van der Waals surface area contributed by atoms with Gasteiger partial charge in [-0.2, -0.15) is 11.8 Å². The number of hydrogen-bond donors (Lipinski definition) is 1. The topological polar surface area (TPSA) is 55.8 Å². The maximum Gasteiger partial charge on any atom is 0.304 e. The smallest absolute Gasteiger partial charge is 0.304 e. The predicted octanol–water partition coefficient (Wildman–Crippen LogP) is 2.21. The lowest BCUT2D eigenvalue weighted by molar-refractivity contribution is -0.136. The molecule has 1 aromatic carbocycles. The maximum absolute atomic E-state index is 10.4. The number of hydrogen-bond acceptors (Lipinski definition) is 4. The maximum atomic E-state index is 10.4. The summed E-state index contributed by atoms with van der Waals surface area (Å²) in [5.41, 5.74) is 1.16. The molecule has 98 valence electrons. The third-order valence-electron chi connectivity index (χ3n) is 2.77. The Morgan fingerprint density at radius 1 is 1.61 bits per heavy atom. The highest BCUT2D eigenvalue weighted by Gasteiger charge is 2.23. The first kappa shape index (κ1) is 13.1. The fourth-order valence-electron chi connectivity index (χ4n) is 1.89. The van der Waals surface area contributed by atoms with E-state index in [0.717, 1.165) is 29.2 Å². The van der Waals surface area contributed by atoms with Gasteiger partial charge < -0.3 is 14.6 Å². The van der Waals surface area contributed by atoms with E-state index in [9.17, 15) is 4.79 Å². The zero-order chi connectivity index (χ0) is 13.0. The fraction of sp³-hybridized carbons (Fsp3) is 0.462. The lowest BCUT2D eigenvalue weighted by atomic mass is 10.1. The van der Waals surface area contributed by atoms with Crippen LogP contribution >= 0.6 is 11.8 Å². The molecule has 1 heterocycles. The van der Waals surface area contributed by atoms with Gasteiger partial charge in [-0.3, -0.25) is 4.79 Å². The van der Waals surface area contributed by atoms with Crippen molar-refractivity contribution in [3.8, 4) is 11.5 Å². The minimum absolute atomic E-state index is 0.144. The van der Waals surface area contributed by atoms with Gasteiger partial charge in [0, 0.05) is 23.5 Å². The Morgan fingerprint density at radius 3 is 3.17 bits per heavy atom. The number of benzene rings is 1. The van der Waals surface area contributed by atoms with Gasteiger partial charge in [-0.25, -0.2) is 0 Å². The quantitative estimate of drug-likeness (QED) is 0.802. The molecule has 0 aliphatic carbocycles. The molecule has 1 unspecified atom stereocenters. The standard InChI is InChI=1S/C13H16O4S/c1-16-10-2-3-12-9(6-10)7-11(17-12)8-18-5-4-13(14)15/h2-3,6,11H,4-5,7-8H2,1H3,(H,14,15). The van der Waals surface area contributed by atoms with E-state index in [0.29, 0.717) is 5.75 Å². The number of carboxylic acid groups (broad SMARTS) is 1. The van der Waals surface area contributed by atoms with Crippen LogP contribution in [0.1, 0.15) is 12.0 Å². The molecule has 1 N–H and O–H groups in total. The summed E-state index contributed by atoms with van der Waals surface area (Å²) in [5.74, 6) is 2.47. The second kappa shape index (κ2) is 6.00. The van der Waals surface area contributed by atoms with Gasteiger partial charge in [0.1, 0.15) is 17.6 Å². The van der Waals surface area contributed by atoms with E-state index < -0.39 is 5.97 Å². The highest BCUT2D eigenvalue weighted by atomic mass is 32.2. The minimum Gasteiger partial charge on any atom is -0.497 e. The third kappa shape index (κ3) is 3.32. The van der Waals surface area contributed by atoms with E-state index >= 15 is 0 Å². The summed E-state index contributed by atoms with van der Waals surface area (Å²) in [4.78, 5) is 10.4. The normalized spacial score (nSPS) is 17.1. The van der Waals surface area contributed by atoms with Gasteiger partial charge >= 0.3 is 5.97 Å². The fourth-order valence-corrected chi connectivity index (χ4v) is 2.83. The molecule has 0 spiro atoms. The highest BCUT2D eigenvalue weighted by Crippen LogP contribution is 2.32. The Kier molecular flexibility index (Phi) is 4.36. The Hall–Kier alpha value is -1.36. The van der Waals surface area contributed by atoms with Gasteiger partial charge in [-0.15, -0.1) is 0 Å². The molecule has 0 saturated heterocycles. The molecule has 2 rings (SSSR count). The van der Waals surface area contributed by atoms with Crippen molar-refractivity contribution in [2.75, 3.05) is 18.6 Å². The molecule has 0 fully saturated rings. The van der Waals surface area contributed by atoms with Gasteiger partial charge in [0.15, 0.2) is 0 Å². The van der Waals surface area contributed by atoms with Crippen LogP contribution in [0, 0.1) is 0 Å². The van der Waals surface area contributed by atoms with Gasteiger partial charge in [-0.05, 0) is 18.2 Å². The predicted molar refractivity (Wildman–Crippen MR) is 70.7 cm³/mol. The number of carbonyl (C=O) groups is 1. The van der Waals surface area contributed by atoms with Crippen molar-refractivity contribution in [1.82, 2.24) is 0 Å². The van der Waals surface area contributed by atoms with Crippen LogP contribution in [0.25, 0.3) is 0 Å². The van der Waals surface area contributed by atoms with Crippen molar-refractivity contribution in [2.45, 2.75) is 18.9 Å². The van der Waals surface area contributed by atoms with Crippen LogP contribution in [0.2, 0.25) is 0 Å². The molecule has 0 radical (unpaired) electrons. The number of methoxy groups -OCH3 is 1. The first-order valence-corrected chi connectivity index (χ1v) is 6.97. The van der Waals surface area contributed by atoms with Crippen LogP contribution in [0.15, 0.2) is 18.2 Å². The SMILES string of the molecule is COc1ccc2c(c1)CC(CSCCC(=O)O)O2. The summed E-state index contributed by atoms with van der Waals surface area (Å²) in [6.07, 6.45) is 1.22. The molecule has 5 heteroatoms. The van der Waals surface area contributed by atoms with Gasteiger partial charge in [0.05, 0.1) is 13.5 Å². The molecular weight excluding hydrogens is 252 g/mol. The van der Waals surface area contributed by atoms with Crippen LogP contribution in [-0.4, -0.2) is 35.8 Å². The Labute approximate surface area is 110 Å². The van der Waals surface area contributed by atoms with Crippen molar-refractivity contribution in [1.29, 1.82) is 0 Å². The van der Waals surface area contributed by atoms with E-state index in [1.165, 1.54) is 0 Å². The summed E-state index contributed by atoms with van der Waals surface area (Å²) >= 11 is 1.62. The average Bonchev–Trinajstić information content (AvgIpc) is 2.75. The van der Waals surface area contributed by atoms with Crippen LogP contribution in [0.4, 0.5) is 0 Å². The van der Waals surface area contributed by atoms with E-state index in [1.807, 2.05) is 18.2 Å². The molecular formula is C13H16O4S. The van der Waals surface area contributed by atoms with Crippen LogP contribution in [-0.2, 0) is 11.2 Å². The number of ether oxygens (including phenoxy) is 2. The highest BCUT2D eigenvalue weighted by molar-refractivity contribution is 7.99. The second-order valence-corrected chi connectivity index (χ2v) is 5.29. The molecule has 0 saturated carbocycles. The number of thioether (sulfide) groups is 1. The number of fused-ring (bicyclic) bond motifs is 1. The second-order valence-electron chi connectivity index (χ2n) is 4.14. The van der Waals surface area contributed by atoms with Crippen molar-refractivity contribution >= 4 is 17.7 Å². The largest absolute Gasteiger partial charge is 0.497 e. The molecule has 4 nitrogen and oxygen atoms in total. The van der Waals surface area contributed by atoms with Gasteiger partial charge in [0.2, 0.25) is 0 Å². The Morgan fingerprint density at radius 2 is 2.44 bits per heavy atom. The number of aliphatic carboxylic acids is 1. The molecule has 1 aliphatic heterocycles. The Balaban J connectivity index is 1.80. The molecule has 18 heavy (non-hydrogen) atoms. The van der Waals surface area contributed by atoms with Gasteiger partial charge in [-0.1, -0.05) is 0 Å². The molecule has 1 aliphatic rings. The van der Waals surface area contributed by atoms with Crippen LogP contribution in [0.3, 0.4) is 0 Å². The summed E-state index contributed by atoms with van der Waals surface area (Å²) in [6, 6.07) is 5.81. The van der Waals surface area contributed by atoms with Crippen LogP contribution < -0.4 is 9.47 Å². The molecule has 0 bridgehead atoms. The summed E-state index contributed by atoms with van der Waals surface area (Å²) in [7, 11) is 1.65. The van der Waals surface area contributed by atoms with E-state index in [-0.39, 0.29) is 12.5 Å². The summed E-state index contributed by atoms with van der Waals surface area (Å²) < 4.78 is 11.0. The zero-order valence-corrected chi connectivity index (χ0v) is 11.0. The van der Waals surface area contributed by atoms with Gasteiger partial charge in [0.25, 0.3) is 0 Å². The van der Waals surface area contributed by atoms with Crippen LogP contribution in [0.5, 0.6) is 11.5 Å². The number of carboxylic acids is 1.